The number of hydrogen-bond acceptors (Lipinski definition) is 2. The van der Waals surface area contributed by atoms with Gasteiger partial charge in [0.1, 0.15) is 0 Å². The average molecular weight is 259 g/mol. The van der Waals surface area contributed by atoms with E-state index in [2.05, 4.69) is 49.1 Å². The SMILES string of the molecule is CCCC1(CC)CN(c2ccccc2)CC2(CC2)O1. The third kappa shape index (κ3) is 2.51. The molecule has 2 nitrogen and oxygen atoms in total. The van der Waals surface area contributed by atoms with Crippen LogP contribution in [0.1, 0.15) is 46.0 Å². The third-order valence-corrected chi connectivity index (χ3v) is 4.67. The Labute approximate surface area is 116 Å². The molecular weight excluding hydrogens is 234 g/mol. The Kier molecular flexibility index (Phi) is 3.30. The summed E-state index contributed by atoms with van der Waals surface area (Å²) in [6.45, 7) is 6.66. The molecule has 0 N–H and O–H groups in total. The van der Waals surface area contributed by atoms with Crippen molar-refractivity contribution >= 4 is 5.69 Å². The summed E-state index contributed by atoms with van der Waals surface area (Å²) in [7, 11) is 0. The fourth-order valence-corrected chi connectivity index (χ4v) is 3.44. The van der Waals surface area contributed by atoms with E-state index >= 15 is 0 Å². The molecule has 1 unspecified atom stereocenters. The molecule has 3 rings (SSSR count). The van der Waals surface area contributed by atoms with Crippen LogP contribution in [0, 0.1) is 0 Å². The zero-order valence-electron chi connectivity index (χ0n) is 12.2. The summed E-state index contributed by atoms with van der Waals surface area (Å²) in [6, 6.07) is 10.8. The minimum Gasteiger partial charge on any atom is -0.366 e. The summed E-state index contributed by atoms with van der Waals surface area (Å²) < 4.78 is 6.57. The van der Waals surface area contributed by atoms with Crippen LogP contribution in [0.2, 0.25) is 0 Å². The van der Waals surface area contributed by atoms with Crippen LogP contribution in [0.4, 0.5) is 5.69 Å². The first-order valence-corrected chi connectivity index (χ1v) is 7.71. The van der Waals surface area contributed by atoms with Gasteiger partial charge in [0.05, 0.1) is 11.2 Å². The molecule has 1 aromatic rings. The number of benzene rings is 1. The van der Waals surface area contributed by atoms with Crippen molar-refractivity contribution in [1.29, 1.82) is 0 Å². The van der Waals surface area contributed by atoms with Gasteiger partial charge < -0.3 is 9.64 Å². The van der Waals surface area contributed by atoms with E-state index < -0.39 is 0 Å². The second-order valence-corrected chi connectivity index (χ2v) is 6.26. The van der Waals surface area contributed by atoms with Crippen LogP contribution < -0.4 is 4.90 Å². The van der Waals surface area contributed by atoms with Gasteiger partial charge in [-0.15, -0.1) is 0 Å². The van der Waals surface area contributed by atoms with Crippen LogP contribution in [0.15, 0.2) is 30.3 Å². The molecule has 1 atom stereocenters. The topological polar surface area (TPSA) is 12.5 Å². The van der Waals surface area contributed by atoms with Gasteiger partial charge in [-0.05, 0) is 37.8 Å². The molecule has 2 fully saturated rings. The number of ether oxygens (including phenoxy) is 1. The molecular formula is C17H25NO. The number of hydrogen-bond donors (Lipinski definition) is 0. The first-order chi connectivity index (χ1) is 9.21. The smallest absolute Gasteiger partial charge is 0.0867 e. The highest BCUT2D eigenvalue weighted by atomic mass is 16.5. The monoisotopic (exact) mass is 259 g/mol. The van der Waals surface area contributed by atoms with E-state index in [1.165, 1.54) is 31.4 Å². The van der Waals surface area contributed by atoms with Gasteiger partial charge >= 0.3 is 0 Å². The van der Waals surface area contributed by atoms with Gasteiger partial charge in [-0.1, -0.05) is 38.5 Å². The fourth-order valence-electron chi connectivity index (χ4n) is 3.44. The summed E-state index contributed by atoms with van der Waals surface area (Å²) in [5.74, 6) is 0. The molecule has 1 aromatic carbocycles. The Bertz CT molecular complexity index is 426. The molecule has 1 aliphatic carbocycles. The van der Waals surface area contributed by atoms with Crippen LogP contribution in [-0.2, 0) is 4.74 Å². The van der Waals surface area contributed by atoms with Crippen molar-refractivity contribution in [3.05, 3.63) is 30.3 Å². The lowest BCUT2D eigenvalue weighted by Gasteiger charge is -2.48. The predicted molar refractivity (Wildman–Crippen MR) is 79.6 cm³/mol. The van der Waals surface area contributed by atoms with Crippen LogP contribution in [0.3, 0.4) is 0 Å². The van der Waals surface area contributed by atoms with E-state index in [9.17, 15) is 0 Å². The normalized spacial score (nSPS) is 28.6. The molecule has 1 saturated carbocycles. The first-order valence-electron chi connectivity index (χ1n) is 7.71. The summed E-state index contributed by atoms with van der Waals surface area (Å²) >= 11 is 0. The largest absolute Gasteiger partial charge is 0.366 e. The van der Waals surface area contributed by atoms with Crippen LogP contribution in [-0.4, -0.2) is 24.3 Å². The summed E-state index contributed by atoms with van der Waals surface area (Å²) in [5.41, 5.74) is 1.59. The van der Waals surface area contributed by atoms with E-state index in [0.29, 0.717) is 0 Å². The van der Waals surface area contributed by atoms with Crippen molar-refractivity contribution < 1.29 is 4.74 Å². The molecule has 1 saturated heterocycles. The maximum atomic E-state index is 6.57. The average Bonchev–Trinajstić information content (AvgIpc) is 3.18. The molecule has 104 valence electrons. The standard InChI is InChI=1S/C17H25NO/c1-3-10-16(4-2)13-18(14-17(19-16)11-12-17)15-8-6-5-7-9-15/h5-9H,3-4,10-14H2,1-2H3. The summed E-state index contributed by atoms with van der Waals surface area (Å²) in [5, 5.41) is 0. The molecule has 2 heteroatoms. The Hall–Kier alpha value is -1.02. The van der Waals surface area contributed by atoms with E-state index in [4.69, 9.17) is 4.74 Å². The number of anilines is 1. The summed E-state index contributed by atoms with van der Waals surface area (Å²) in [4.78, 5) is 2.55. The van der Waals surface area contributed by atoms with Gasteiger partial charge in [0.25, 0.3) is 0 Å². The number of morpholine rings is 1. The van der Waals surface area contributed by atoms with Gasteiger partial charge in [-0.3, -0.25) is 0 Å². The van der Waals surface area contributed by atoms with Crippen molar-refractivity contribution in [1.82, 2.24) is 0 Å². The predicted octanol–water partition coefficient (Wildman–Crippen LogP) is 4.00. The fraction of sp³-hybridized carbons (Fsp3) is 0.647. The molecule has 2 aliphatic rings. The lowest BCUT2D eigenvalue weighted by molar-refractivity contribution is -0.127. The minimum atomic E-state index is 0.0688. The van der Waals surface area contributed by atoms with E-state index in [1.807, 2.05) is 0 Å². The van der Waals surface area contributed by atoms with Crippen molar-refractivity contribution in [2.24, 2.45) is 0 Å². The van der Waals surface area contributed by atoms with Crippen molar-refractivity contribution in [3.63, 3.8) is 0 Å². The van der Waals surface area contributed by atoms with Gasteiger partial charge in [0.2, 0.25) is 0 Å². The lowest BCUT2D eigenvalue weighted by atomic mass is 9.91. The van der Waals surface area contributed by atoms with Crippen molar-refractivity contribution in [3.8, 4) is 0 Å². The highest BCUT2D eigenvalue weighted by Gasteiger charge is 2.54. The molecule has 1 aliphatic heterocycles. The van der Waals surface area contributed by atoms with Crippen LogP contribution in [0.25, 0.3) is 0 Å². The van der Waals surface area contributed by atoms with Gasteiger partial charge in [0, 0.05) is 18.8 Å². The highest BCUT2D eigenvalue weighted by molar-refractivity contribution is 5.48. The molecule has 0 amide bonds. The Morgan fingerprint density at radius 2 is 1.84 bits per heavy atom. The van der Waals surface area contributed by atoms with Crippen molar-refractivity contribution in [2.45, 2.75) is 57.2 Å². The molecule has 1 heterocycles. The zero-order valence-corrected chi connectivity index (χ0v) is 12.2. The minimum absolute atomic E-state index is 0.0688. The maximum absolute atomic E-state index is 6.57. The summed E-state index contributed by atoms with van der Waals surface area (Å²) in [6.07, 6.45) is 5.97. The number of rotatable bonds is 4. The first kappa shape index (κ1) is 13.0. The number of para-hydroxylation sites is 1. The second kappa shape index (κ2) is 4.82. The lowest BCUT2D eigenvalue weighted by Crippen LogP contribution is -2.56. The van der Waals surface area contributed by atoms with E-state index in [0.717, 1.165) is 19.5 Å². The Balaban J connectivity index is 1.86. The zero-order chi connectivity index (χ0) is 13.3. The quantitative estimate of drug-likeness (QED) is 0.810. The van der Waals surface area contributed by atoms with Crippen LogP contribution >= 0.6 is 0 Å². The number of nitrogens with zero attached hydrogens (tertiary/aromatic N) is 1. The van der Waals surface area contributed by atoms with Gasteiger partial charge in [-0.25, -0.2) is 0 Å². The third-order valence-electron chi connectivity index (χ3n) is 4.67. The van der Waals surface area contributed by atoms with E-state index in [-0.39, 0.29) is 11.2 Å². The molecule has 0 bridgehead atoms. The van der Waals surface area contributed by atoms with Crippen molar-refractivity contribution in [2.75, 3.05) is 18.0 Å². The highest BCUT2D eigenvalue weighted by Crippen LogP contribution is 2.49. The molecule has 19 heavy (non-hydrogen) atoms. The maximum Gasteiger partial charge on any atom is 0.0867 e. The molecule has 0 aromatic heterocycles. The van der Waals surface area contributed by atoms with Crippen LogP contribution in [0.5, 0.6) is 0 Å². The molecule has 0 radical (unpaired) electrons. The van der Waals surface area contributed by atoms with E-state index in [1.54, 1.807) is 0 Å². The second-order valence-electron chi connectivity index (χ2n) is 6.26. The Morgan fingerprint density at radius 1 is 1.11 bits per heavy atom. The van der Waals surface area contributed by atoms with Gasteiger partial charge in [-0.2, -0.15) is 0 Å². The Morgan fingerprint density at radius 3 is 2.42 bits per heavy atom. The molecule has 1 spiro atoms. The van der Waals surface area contributed by atoms with Gasteiger partial charge in [0.15, 0.2) is 0 Å².